The quantitative estimate of drug-likeness (QED) is 0.0539. The van der Waals surface area contributed by atoms with E-state index in [2.05, 4.69) is 6.92 Å². The van der Waals surface area contributed by atoms with Crippen molar-refractivity contribution >= 4 is 10.1 Å². The molecule has 300 valence electrons. The van der Waals surface area contributed by atoms with Gasteiger partial charge in [0.2, 0.25) is 0 Å². The zero-order chi connectivity index (χ0) is 36.8. The predicted octanol–water partition coefficient (Wildman–Crippen LogP) is 16.7. The molecule has 3 nitrogen and oxygen atoms in total. The fourth-order valence-electron chi connectivity index (χ4n) is 7.80. The summed E-state index contributed by atoms with van der Waals surface area (Å²) < 4.78 is 31.8. The van der Waals surface area contributed by atoms with Crippen LogP contribution in [0.2, 0.25) is 0 Å². The van der Waals surface area contributed by atoms with Gasteiger partial charge in [-0.3, -0.25) is 4.55 Å². The van der Waals surface area contributed by atoms with Crippen LogP contribution in [-0.2, 0) is 16.5 Å². The molecule has 0 spiro atoms. The second-order valence-corrected chi connectivity index (χ2v) is 17.7. The van der Waals surface area contributed by atoms with E-state index in [1.165, 1.54) is 250 Å². The van der Waals surface area contributed by atoms with E-state index in [9.17, 15) is 13.0 Å². The number of hydrogen-bond donors (Lipinski definition) is 1. The van der Waals surface area contributed by atoms with Crippen LogP contribution in [0.25, 0.3) is 0 Å². The highest BCUT2D eigenvalue weighted by atomic mass is 32.2. The van der Waals surface area contributed by atoms with E-state index in [-0.39, 0.29) is 4.90 Å². The Morgan fingerprint density at radius 1 is 0.373 bits per heavy atom. The van der Waals surface area contributed by atoms with Gasteiger partial charge in [0.25, 0.3) is 10.1 Å². The Morgan fingerprint density at radius 3 is 0.843 bits per heavy atom. The van der Waals surface area contributed by atoms with Crippen molar-refractivity contribution in [1.29, 1.82) is 0 Å². The summed E-state index contributed by atoms with van der Waals surface area (Å²) in [6.45, 7) is 2.30. The molecule has 0 heterocycles. The minimum Gasteiger partial charge on any atom is -0.282 e. The third-order valence-corrected chi connectivity index (χ3v) is 12.1. The molecule has 1 aromatic carbocycles. The first-order valence-electron chi connectivity index (χ1n) is 23.1. The smallest absolute Gasteiger partial charge is 0.282 e. The zero-order valence-corrected chi connectivity index (χ0v) is 35.1. The molecule has 51 heavy (non-hydrogen) atoms. The van der Waals surface area contributed by atoms with Crippen LogP contribution in [0.1, 0.15) is 263 Å². The Morgan fingerprint density at radius 2 is 0.608 bits per heavy atom. The summed E-state index contributed by atoms with van der Waals surface area (Å²) in [6.07, 6.45) is 56.6. The Kier molecular flexibility index (Phi) is 35.4. The number of benzene rings is 1. The lowest BCUT2D eigenvalue weighted by molar-refractivity contribution is 0.483. The largest absolute Gasteiger partial charge is 0.294 e. The van der Waals surface area contributed by atoms with Crippen molar-refractivity contribution in [2.24, 2.45) is 0 Å². The highest BCUT2D eigenvalue weighted by molar-refractivity contribution is 7.85. The molecule has 1 aromatic rings. The highest BCUT2D eigenvalue weighted by Gasteiger charge is 2.09. The van der Waals surface area contributed by atoms with Gasteiger partial charge in [0.15, 0.2) is 0 Å². The van der Waals surface area contributed by atoms with Crippen LogP contribution in [-0.4, -0.2) is 13.0 Å². The molecule has 0 aliphatic carbocycles. The molecule has 0 bridgehead atoms. The third kappa shape index (κ3) is 34.6. The fourth-order valence-corrected chi connectivity index (χ4v) is 8.36. The maximum absolute atomic E-state index is 11.3. The van der Waals surface area contributed by atoms with Crippen molar-refractivity contribution in [2.75, 3.05) is 0 Å². The van der Waals surface area contributed by atoms with Gasteiger partial charge in [-0.1, -0.05) is 263 Å². The van der Waals surface area contributed by atoms with E-state index in [4.69, 9.17) is 0 Å². The number of aryl methyl sites for hydroxylation is 1. The van der Waals surface area contributed by atoms with Crippen molar-refractivity contribution < 1.29 is 13.0 Å². The minimum absolute atomic E-state index is 0.00626. The topological polar surface area (TPSA) is 54.4 Å². The predicted molar refractivity (Wildman–Crippen MR) is 226 cm³/mol. The number of rotatable bonds is 41. The Balaban J connectivity index is 1.66. The summed E-state index contributed by atoms with van der Waals surface area (Å²) in [5.74, 6) is 0. The fraction of sp³-hybridized carbons (Fsp3) is 0.872. The maximum atomic E-state index is 11.3. The van der Waals surface area contributed by atoms with E-state index >= 15 is 0 Å². The summed E-state index contributed by atoms with van der Waals surface area (Å²) in [4.78, 5) is 0.00626. The van der Waals surface area contributed by atoms with Crippen molar-refractivity contribution in [2.45, 2.75) is 269 Å². The Labute approximate surface area is 320 Å². The van der Waals surface area contributed by atoms with Gasteiger partial charge in [-0.25, -0.2) is 0 Å². The second-order valence-electron chi connectivity index (χ2n) is 16.3. The third-order valence-electron chi connectivity index (χ3n) is 11.3. The Hall–Kier alpha value is -0.870. The van der Waals surface area contributed by atoms with E-state index in [1.807, 2.05) is 6.07 Å². The summed E-state index contributed by atoms with van der Waals surface area (Å²) in [6, 6.07) is 6.70. The highest BCUT2D eigenvalue weighted by Crippen LogP contribution is 2.19. The van der Waals surface area contributed by atoms with Crippen LogP contribution in [0.3, 0.4) is 0 Å². The van der Waals surface area contributed by atoms with Crippen molar-refractivity contribution in [1.82, 2.24) is 0 Å². The number of hydrogen-bond acceptors (Lipinski definition) is 2. The molecule has 0 aromatic heterocycles. The van der Waals surface area contributed by atoms with Crippen LogP contribution < -0.4 is 0 Å². The van der Waals surface area contributed by atoms with Crippen LogP contribution in [0.15, 0.2) is 29.2 Å². The van der Waals surface area contributed by atoms with Crippen molar-refractivity contribution in [3.63, 3.8) is 0 Å². The minimum atomic E-state index is -4.10. The zero-order valence-electron chi connectivity index (χ0n) is 34.3. The maximum Gasteiger partial charge on any atom is 0.294 e. The number of unbranched alkanes of at least 4 members (excludes halogenated alkanes) is 38. The average Bonchev–Trinajstić information content (AvgIpc) is 3.12. The Bertz CT molecular complexity index is 943. The van der Waals surface area contributed by atoms with Gasteiger partial charge in [-0.2, -0.15) is 8.42 Å². The van der Waals surface area contributed by atoms with E-state index in [0.717, 1.165) is 18.4 Å². The van der Waals surface area contributed by atoms with Gasteiger partial charge < -0.3 is 0 Å². The van der Waals surface area contributed by atoms with E-state index in [0.29, 0.717) is 0 Å². The molecule has 0 fully saturated rings. The second kappa shape index (κ2) is 37.4. The molecule has 0 aliphatic heterocycles. The first-order chi connectivity index (χ1) is 25.0. The van der Waals surface area contributed by atoms with Crippen molar-refractivity contribution in [3.8, 4) is 0 Å². The molecular weight excluding hydrogens is 645 g/mol. The van der Waals surface area contributed by atoms with Gasteiger partial charge in [0.1, 0.15) is 0 Å². The average molecular weight is 733 g/mol. The van der Waals surface area contributed by atoms with Crippen LogP contribution in [0, 0.1) is 0 Å². The lowest BCUT2D eigenvalue weighted by atomic mass is 10.0. The van der Waals surface area contributed by atoms with Crippen molar-refractivity contribution in [3.05, 3.63) is 29.8 Å². The summed E-state index contributed by atoms with van der Waals surface area (Å²) in [5, 5.41) is 0. The molecule has 0 amide bonds. The lowest BCUT2D eigenvalue weighted by Crippen LogP contribution is -1.98. The van der Waals surface area contributed by atoms with Gasteiger partial charge >= 0.3 is 0 Å². The van der Waals surface area contributed by atoms with Crippen LogP contribution in [0.5, 0.6) is 0 Å². The van der Waals surface area contributed by atoms with Crippen LogP contribution in [0.4, 0.5) is 0 Å². The lowest BCUT2D eigenvalue weighted by Gasteiger charge is -2.05. The van der Waals surface area contributed by atoms with Crippen LogP contribution >= 0.6 is 0 Å². The standard InChI is InChI=1S/C47H88O3S/c1-2-3-4-5-6-7-8-9-10-11-12-13-14-15-16-17-18-19-20-21-22-23-24-25-26-27-28-29-30-31-32-33-34-35-36-37-38-39-40-42-46-43-41-44-47(45-46)51(48,49)50/h41,43-45H,2-40,42H2,1H3,(H,48,49,50). The summed E-state index contributed by atoms with van der Waals surface area (Å²) in [5.41, 5.74) is 0.992. The van der Waals surface area contributed by atoms with E-state index < -0.39 is 10.1 Å². The van der Waals surface area contributed by atoms with Gasteiger partial charge in [0.05, 0.1) is 4.90 Å². The first-order valence-corrected chi connectivity index (χ1v) is 24.5. The van der Waals surface area contributed by atoms with E-state index in [1.54, 1.807) is 12.1 Å². The van der Waals surface area contributed by atoms with Gasteiger partial charge in [-0.15, -0.1) is 0 Å². The molecule has 1 rings (SSSR count). The summed E-state index contributed by atoms with van der Waals surface area (Å²) >= 11 is 0. The monoisotopic (exact) mass is 733 g/mol. The molecule has 1 N–H and O–H groups in total. The molecule has 4 heteroatoms. The molecule has 0 saturated heterocycles. The molecular formula is C47H88O3S. The van der Waals surface area contributed by atoms with Gasteiger partial charge in [-0.05, 0) is 30.5 Å². The molecule has 0 atom stereocenters. The first kappa shape index (κ1) is 48.1. The normalized spacial score (nSPS) is 11.9. The molecule has 0 aliphatic rings. The van der Waals surface area contributed by atoms with Gasteiger partial charge in [0, 0.05) is 0 Å². The molecule has 0 radical (unpaired) electrons. The SMILES string of the molecule is CCCCCCCCCCCCCCCCCCCCCCCCCCCCCCCCCCCCCCCCCc1cccc(S(=O)(=O)O)c1. The molecule has 0 saturated carbocycles. The molecule has 0 unspecified atom stereocenters. The summed E-state index contributed by atoms with van der Waals surface area (Å²) in [7, 11) is -4.10.